The molecule has 0 saturated heterocycles. The molecule has 0 bridgehead atoms. The molecule has 0 aliphatic rings. The summed E-state index contributed by atoms with van der Waals surface area (Å²) in [6.07, 6.45) is 3.92. The first-order chi connectivity index (χ1) is 10.1. The van der Waals surface area contributed by atoms with Gasteiger partial charge in [-0.05, 0) is 18.6 Å². The van der Waals surface area contributed by atoms with Gasteiger partial charge in [-0.3, -0.25) is 9.89 Å². The standard InChI is InChI=1S/C15H17N3O2S/c1-11-7-14(21-13(11)5-3-4-6-19)15(20)18(2)10-12-8-16-17-9-12/h7-9,19H,4,6,10H2,1-2H3,(H,16,17). The fraction of sp³-hybridized carbons (Fsp3) is 0.333. The Morgan fingerprint density at radius 2 is 2.38 bits per heavy atom. The van der Waals surface area contributed by atoms with Crippen molar-refractivity contribution in [1.82, 2.24) is 15.1 Å². The van der Waals surface area contributed by atoms with Crippen LogP contribution in [0.15, 0.2) is 18.5 Å². The number of carbonyl (C=O) groups is 1. The molecular formula is C15H17N3O2S. The number of hydrogen-bond acceptors (Lipinski definition) is 4. The van der Waals surface area contributed by atoms with Crippen LogP contribution in [0.25, 0.3) is 0 Å². The molecule has 0 atom stereocenters. The van der Waals surface area contributed by atoms with Gasteiger partial charge < -0.3 is 10.0 Å². The zero-order valence-corrected chi connectivity index (χ0v) is 12.8. The second-order valence-corrected chi connectivity index (χ2v) is 5.72. The minimum Gasteiger partial charge on any atom is -0.395 e. The van der Waals surface area contributed by atoms with Crippen molar-refractivity contribution in [2.24, 2.45) is 0 Å². The van der Waals surface area contributed by atoms with Gasteiger partial charge in [0.05, 0.1) is 22.6 Å². The molecule has 0 aliphatic carbocycles. The van der Waals surface area contributed by atoms with E-state index in [1.165, 1.54) is 11.3 Å². The molecule has 2 rings (SSSR count). The Labute approximate surface area is 127 Å². The van der Waals surface area contributed by atoms with E-state index >= 15 is 0 Å². The highest BCUT2D eigenvalue weighted by Crippen LogP contribution is 2.22. The molecule has 5 nitrogen and oxygen atoms in total. The number of aromatic nitrogens is 2. The topological polar surface area (TPSA) is 69.2 Å². The van der Waals surface area contributed by atoms with Crippen LogP contribution in [0.3, 0.4) is 0 Å². The van der Waals surface area contributed by atoms with Crippen LogP contribution < -0.4 is 0 Å². The first-order valence-corrected chi connectivity index (χ1v) is 7.36. The van der Waals surface area contributed by atoms with Crippen molar-refractivity contribution in [3.05, 3.63) is 39.3 Å². The summed E-state index contributed by atoms with van der Waals surface area (Å²) in [5.41, 5.74) is 1.95. The number of aromatic amines is 1. The number of thiophene rings is 1. The number of nitrogens with zero attached hydrogens (tertiary/aromatic N) is 2. The van der Waals surface area contributed by atoms with Gasteiger partial charge in [-0.1, -0.05) is 11.8 Å². The summed E-state index contributed by atoms with van der Waals surface area (Å²) in [5, 5.41) is 15.3. The van der Waals surface area contributed by atoms with Gasteiger partial charge >= 0.3 is 0 Å². The SMILES string of the molecule is Cc1cc(C(=O)N(C)Cc2cn[nH]c2)sc1C#CCCO. The van der Waals surface area contributed by atoms with Crippen LogP contribution in [0.4, 0.5) is 0 Å². The van der Waals surface area contributed by atoms with Gasteiger partial charge in [0.25, 0.3) is 5.91 Å². The van der Waals surface area contributed by atoms with Gasteiger partial charge in [-0.15, -0.1) is 11.3 Å². The predicted octanol–water partition coefficient (Wildman–Crippen LogP) is 1.79. The maximum absolute atomic E-state index is 12.4. The number of aliphatic hydroxyl groups is 1. The van der Waals surface area contributed by atoms with E-state index < -0.39 is 0 Å². The fourth-order valence-corrected chi connectivity index (χ4v) is 2.85. The van der Waals surface area contributed by atoms with Crippen LogP contribution in [0, 0.1) is 18.8 Å². The molecule has 2 heterocycles. The third kappa shape index (κ3) is 3.94. The molecule has 110 valence electrons. The Bertz CT molecular complexity index is 665. The van der Waals surface area contributed by atoms with Gasteiger partial charge in [0.1, 0.15) is 0 Å². The van der Waals surface area contributed by atoms with E-state index in [-0.39, 0.29) is 12.5 Å². The average Bonchev–Trinajstić information content (AvgIpc) is 3.09. The van der Waals surface area contributed by atoms with Crippen LogP contribution >= 0.6 is 11.3 Å². The molecule has 2 N–H and O–H groups in total. The first-order valence-electron chi connectivity index (χ1n) is 6.55. The lowest BCUT2D eigenvalue weighted by Gasteiger charge is -2.14. The molecule has 0 aromatic carbocycles. The van der Waals surface area contributed by atoms with Gasteiger partial charge in [0.2, 0.25) is 0 Å². The van der Waals surface area contributed by atoms with Crippen molar-refractivity contribution in [2.45, 2.75) is 19.9 Å². The third-order valence-electron chi connectivity index (χ3n) is 2.89. The maximum atomic E-state index is 12.4. The van der Waals surface area contributed by atoms with Gasteiger partial charge in [-0.2, -0.15) is 5.10 Å². The van der Waals surface area contributed by atoms with Crippen LogP contribution in [0.5, 0.6) is 0 Å². The molecule has 21 heavy (non-hydrogen) atoms. The first kappa shape index (κ1) is 15.3. The van der Waals surface area contributed by atoms with Gasteiger partial charge in [-0.25, -0.2) is 0 Å². The van der Waals surface area contributed by atoms with E-state index in [1.807, 2.05) is 13.0 Å². The lowest BCUT2D eigenvalue weighted by molar-refractivity contribution is 0.0790. The maximum Gasteiger partial charge on any atom is 0.264 e. The highest BCUT2D eigenvalue weighted by atomic mass is 32.1. The summed E-state index contributed by atoms with van der Waals surface area (Å²) in [5.74, 6) is 5.85. The second kappa shape index (κ2) is 7.07. The van der Waals surface area contributed by atoms with Crippen LogP contribution in [0.2, 0.25) is 0 Å². The molecular weight excluding hydrogens is 286 g/mol. The Hall–Kier alpha value is -2.10. The molecule has 0 radical (unpaired) electrons. The van der Waals surface area contributed by atoms with Gasteiger partial charge in [0.15, 0.2) is 0 Å². The van der Waals surface area contributed by atoms with Crippen molar-refractivity contribution in [3.63, 3.8) is 0 Å². The summed E-state index contributed by atoms with van der Waals surface area (Å²) < 4.78 is 0. The minimum atomic E-state index is -0.0282. The average molecular weight is 303 g/mol. The molecule has 6 heteroatoms. The van der Waals surface area contributed by atoms with E-state index in [4.69, 9.17) is 5.11 Å². The number of H-pyrrole nitrogens is 1. The Morgan fingerprint density at radius 1 is 1.57 bits per heavy atom. The van der Waals surface area contributed by atoms with Crippen molar-refractivity contribution >= 4 is 17.2 Å². The quantitative estimate of drug-likeness (QED) is 0.846. The van der Waals surface area contributed by atoms with E-state index in [9.17, 15) is 4.79 Å². The molecule has 0 spiro atoms. The van der Waals surface area contributed by atoms with Crippen LogP contribution in [-0.2, 0) is 6.54 Å². The van der Waals surface area contributed by atoms with E-state index in [0.29, 0.717) is 17.8 Å². The number of carbonyl (C=O) groups excluding carboxylic acids is 1. The number of nitrogens with one attached hydrogen (secondary N) is 1. The zero-order valence-electron chi connectivity index (χ0n) is 12.0. The summed E-state index contributed by atoms with van der Waals surface area (Å²) in [4.78, 5) is 15.6. The number of aliphatic hydroxyl groups excluding tert-OH is 1. The monoisotopic (exact) mass is 303 g/mol. The summed E-state index contributed by atoms with van der Waals surface area (Å²) in [6.45, 7) is 2.50. The van der Waals surface area contributed by atoms with Crippen molar-refractivity contribution in [2.75, 3.05) is 13.7 Å². The van der Waals surface area contributed by atoms with Crippen LogP contribution in [-0.4, -0.2) is 39.8 Å². The highest BCUT2D eigenvalue weighted by molar-refractivity contribution is 7.14. The van der Waals surface area contributed by atoms with Crippen molar-refractivity contribution < 1.29 is 9.90 Å². The minimum absolute atomic E-state index is 0.0282. The van der Waals surface area contributed by atoms with E-state index in [2.05, 4.69) is 22.0 Å². The number of hydrogen-bond donors (Lipinski definition) is 2. The van der Waals surface area contributed by atoms with Gasteiger partial charge in [0, 0.05) is 31.8 Å². The van der Waals surface area contributed by atoms with Crippen molar-refractivity contribution in [3.8, 4) is 11.8 Å². The third-order valence-corrected chi connectivity index (χ3v) is 4.03. The lowest BCUT2D eigenvalue weighted by Crippen LogP contribution is -2.25. The number of amides is 1. The molecule has 2 aromatic rings. The molecule has 2 aromatic heterocycles. The molecule has 1 amide bonds. The summed E-state index contributed by atoms with van der Waals surface area (Å²) in [6, 6.07) is 1.86. The Kier molecular flexibility index (Phi) is 5.14. The highest BCUT2D eigenvalue weighted by Gasteiger charge is 2.16. The molecule has 0 saturated carbocycles. The summed E-state index contributed by atoms with van der Waals surface area (Å²) >= 11 is 1.39. The second-order valence-electron chi connectivity index (χ2n) is 4.67. The predicted molar refractivity (Wildman–Crippen MR) is 82.0 cm³/mol. The lowest BCUT2D eigenvalue weighted by atomic mass is 10.2. The van der Waals surface area contributed by atoms with E-state index in [0.717, 1.165) is 16.0 Å². The number of rotatable bonds is 4. The van der Waals surface area contributed by atoms with E-state index in [1.54, 1.807) is 24.3 Å². The Morgan fingerprint density at radius 3 is 3.05 bits per heavy atom. The smallest absolute Gasteiger partial charge is 0.264 e. The molecule has 0 fully saturated rings. The summed E-state index contributed by atoms with van der Waals surface area (Å²) in [7, 11) is 1.77. The van der Waals surface area contributed by atoms with Crippen LogP contribution in [0.1, 0.15) is 32.1 Å². The van der Waals surface area contributed by atoms with Crippen molar-refractivity contribution in [1.29, 1.82) is 0 Å². The zero-order chi connectivity index (χ0) is 15.2. The number of aryl methyl sites for hydroxylation is 1. The molecule has 0 aliphatic heterocycles. The Balaban J connectivity index is 2.09. The normalized spacial score (nSPS) is 10.0. The fourth-order valence-electron chi connectivity index (χ4n) is 1.81. The molecule has 0 unspecified atom stereocenters. The largest absolute Gasteiger partial charge is 0.395 e.